The number of benzene rings is 1. The van der Waals surface area contributed by atoms with E-state index in [4.69, 9.17) is 0 Å². The van der Waals surface area contributed by atoms with E-state index in [0.29, 0.717) is 18.4 Å². The average molecular weight is 352 g/mol. The van der Waals surface area contributed by atoms with Crippen molar-refractivity contribution < 1.29 is 4.79 Å². The van der Waals surface area contributed by atoms with Crippen LogP contribution in [-0.2, 0) is 11.2 Å². The summed E-state index contributed by atoms with van der Waals surface area (Å²) in [6.07, 6.45) is 5.12. The van der Waals surface area contributed by atoms with Crippen LogP contribution in [0.4, 0.5) is 5.82 Å². The third-order valence-corrected chi connectivity index (χ3v) is 4.69. The number of aromatic nitrogens is 2. The van der Waals surface area contributed by atoms with Gasteiger partial charge in [-0.25, -0.2) is 9.97 Å². The first-order valence-corrected chi connectivity index (χ1v) is 9.50. The summed E-state index contributed by atoms with van der Waals surface area (Å²) in [4.78, 5) is 23.2. The second kappa shape index (κ2) is 8.79. The number of rotatable bonds is 6. The molecule has 0 spiro atoms. The Morgan fingerprint density at radius 1 is 1.19 bits per heavy atom. The molecule has 1 aliphatic rings. The highest BCUT2D eigenvalue weighted by Gasteiger charge is 2.23. The number of amides is 1. The predicted octanol–water partition coefficient (Wildman–Crippen LogP) is 3.52. The van der Waals surface area contributed by atoms with E-state index in [-0.39, 0.29) is 5.91 Å². The lowest BCUT2D eigenvalue weighted by Crippen LogP contribution is -2.42. The molecule has 1 fully saturated rings. The maximum absolute atomic E-state index is 12.2. The van der Waals surface area contributed by atoms with E-state index >= 15 is 0 Å². The highest BCUT2D eigenvalue weighted by Crippen LogP contribution is 2.17. The van der Waals surface area contributed by atoms with Crippen LogP contribution in [0.2, 0.25) is 0 Å². The van der Waals surface area contributed by atoms with Crippen LogP contribution >= 0.6 is 0 Å². The monoisotopic (exact) mass is 352 g/mol. The van der Waals surface area contributed by atoms with Crippen LogP contribution in [0.3, 0.4) is 0 Å². The van der Waals surface area contributed by atoms with Crippen molar-refractivity contribution in [1.82, 2.24) is 14.9 Å². The third kappa shape index (κ3) is 5.28. The van der Waals surface area contributed by atoms with Gasteiger partial charge >= 0.3 is 0 Å². The molecule has 138 valence electrons. The van der Waals surface area contributed by atoms with Gasteiger partial charge in [-0.1, -0.05) is 44.2 Å². The Bertz CT molecular complexity index is 709. The van der Waals surface area contributed by atoms with Gasteiger partial charge in [0.25, 0.3) is 0 Å². The minimum absolute atomic E-state index is 0.283. The minimum Gasteiger partial charge on any atom is -0.367 e. The molecule has 0 atom stereocenters. The highest BCUT2D eigenvalue weighted by molar-refractivity contribution is 5.76. The van der Waals surface area contributed by atoms with Crippen molar-refractivity contribution in [2.75, 3.05) is 18.4 Å². The lowest BCUT2D eigenvalue weighted by atomic mass is 10.0. The van der Waals surface area contributed by atoms with E-state index in [2.05, 4.69) is 41.3 Å². The predicted molar refractivity (Wildman–Crippen MR) is 104 cm³/mol. The Morgan fingerprint density at radius 3 is 2.62 bits per heavy atom. The molecule has 1 aromatic heterocycles. The van der Waals surface area contributed by atoms with Gasteiger partial charge in [0.2, 0.25) is 5.91 Å². The molecule has 26 heavy (non-hydrogen) atoms. The molecule has 5 nitrogen and oxygen atoms in total. The molecule has 0 aliphatic carbocycles. The van der Waals surface area contributed by atoms with Crippen molar-refractivity contribution in [2.24, 2.45) is 5.92 Å². The fourth-order valence-corrected chi connectivity index (χ4v) is 3.30. The van der Waals surface area contributed by atoms with Crippen molar-refractivity contribution in [1.29, 1.82) is 0 Å². The Hall–Kier alpha value is -2.43. The summed E-state index contributed by atoms with van der Waals surface area (Å²) in [6.45, 7) is 5.83. The zero-order valence-electron chi connectivity index (χ0n) is 15.7. The zero-order valence-corrected chi connectivity index (χ0v) is 15.7. The zero-order chi connectivity index (χ0) is 18.4. The summed E-state index contributed by atoms with van der Waals surface area (Å²) in [5.74, 6) is 2.40. The van der Waals surface area contributed by atoms with Gasteiger partial charge in [0, 0.05) is 38.2 Å². The minimum atomic E-state index is 0.283. The Kier molecular flexibility index (Phi) is 6.21. The number of carbonyl (C=O) groups is 1. The maximum atomic E-state index is 12.2. The molecule has 0 saturated carbocycles. The van der Waals surface area contributed by atoms with Crippen LogP contribution in [0, 0.1) is 5.92 Å². The number of anilines is 1. The van der Waals surface area contributed by atoms with Crippen LogP contribution in [0.1, 0.15) is 44.5 Å². The summed E-state index contributed by atoms with van der Waals surface area (Å²) in [6, 6.07) is 12.5. The number of nitrogens with one attached hydrogen (secondary N) is 1. The summed E-state index contributed by atoms with van der Waals surface area (Å²) in [7, 11) is 0. The second-order valence-electron chi connectivity index (χ2n) is 7.42. The first-order chi connectivity index (χ1) is 12.6. The van der Waals surface area contributed by atoms with Gasteiger partial charge in [0.1, 0.15) is 11.6 Å². The molecule has 3 rings (SSSR count). The van der Waals surface area contributed by atoms with Gasteiger partial charge in [-0.05, 0) is 30.4 Å². The number of nitrogens with zero attached hydrogens (tertiary/aromatic N) is 3. The van der Waals surface area contributed by atoms with Crippen molar-refractivity contribution in [3.63, 3.8) is 0 Å². The standard InChI is InChI=1S/C21H28N4O/c1-16(2)14-21(26)25-12-9-18(10-13-25)23-19-8-11-22-20(24-19)15-17-6-4-3-5-7-17/h3-8,11,16,18H,9-10,12-15H2,1-2H3,(H,22,23,24). The van der Waals surface area contributed by atoms with Gasteiger partial charge in [-0.3, -0.25) is 4.79 Å². The molecule has 1 aromatic carbocycles. The highest BCUT2D eigenvalue weighted by atomic mass is 16.2. The summed E-state index contributed by atoms with van der Waals surface area (Å²) < 4.78 is 0. The van der Waals surface area contributed by atoms with E-state index in [1.807, 2.05) is 35.4 Å². The van der Waals surface area contributed by atoms with Gasteiger partial charge in [-0.2, -0.15) is 0 Å². The molecule has 1 aliphatic heterocycles. The number of piperidine rings is 1. The van der Waals surface area contributed by atoms with Crippen LogP contribution < -0.4 is 5.32 Å². The fraction of sp³-hybridized carbons (Fsp3) is 0.476. The van der Waals surface area contributed by atoms with Crippen LogP contribution in [0.5, 0.6) is 0 Å². The van der Waals surface area contributed by atoms with Crippen molar-refractivity contribution in [2.45, 2.75) is 45.6 Å². The molecule has 1 amide bonds. The molecule has 2 heterocycles. The topological polar surface area (TPSA) is 58.1 Å². The molecule has 0 bridgehead atoms. The van der Waals surface area contributed by atoms with E-state index in [9.17, 15) is 4.79 Å². The first kappa shape index (κ1) is 18.4. The lowest BCUT2D eigenvalue weighted by Gasteiger charge is -2.33. The normalized spacial score (nSPS) is 15.3. The molecular weight excluding hydrogens is 324 g/mol. The Morgan fingerprint density at radius 2 is 1.92 bits per heavy atom. The van der Waals surface area contributed by atoms with Crippen molar-refractivity contribution in [3.05, 3.63) is 54.0 Å². The third-order valence-electron chi connectivity index (χ3n) is 4.69. The smallest absolute Gasteiger partial charge is 0.222 e. The van der Waals surface area contributed by atoms with E-state index in [1.54, 1.807) is 0 Å². The summed E-state index contributed by atoms with van der Waals surface area (Å²) >= 11 is 0. The summed E-state index contributed by atoms with van der Waals surface area (Å²) in [5.41, 5.74) is 1.21. The van der Waals surface area contributed by atoms with Crippen LogP contribution in [0.15, 0.2) is 42.6 Å². The van der Waals surface area contributed by atoms with Crippen molar-refractivity contribution in [3.8, 4) is 0 Å². The van der Waals surface area contributed by atoms with Gasteiger partial charge in [0.05, 0.1) is 0 Å². The lowest BCUT2D eigenvalue weighted by molar-refractivity contribution is -0.132. The average Bonchev–Trinajstić information content (AvgIpc) is 2.63. The first-order valence-electron chi connectivity index (χ1n) is 9.50. The largest absolute Gasteiger partial charge is 0.367 e. The van der Waals surface area contributed by atoms with E-state index in [0.717, 1.165) is 44.0 Å². The fourth-order valence-electron chi connectivity index (χ4n) is 3.30. The maximum Gasteiger partial charge on any atom is 0.222 e. The quantitative estimate of drug-likeness (QED) is 0.864. The molecule has 5 heteroatoms. The molecule has 1 saturated heterocycles. The Balaban J connectivity index is 1.52. The Labute approximate surface area is 155 Å². The molecular formula is C21H28N4O. The second-order valence-corrected chi connectivity index (χ2v) is 7.42. The number of hydrogen-bond acceptors (Lipinski definition) is 4. The van der Waals surface area contributed by atoms with E-state index < -0.39 is 0 Å². The summed E-state index contributed by atoms with van der Waals surface area (Å²) in [5, 5.41) is 3.52. The number of likely N-dealkylation sites (tertiary alicyclic amines) is 1. The number of carbonyl (C=O) groups excluding carboxylic acids is 1. The molecule has 0 unspecified atom stereocenters. The molecule has 1 N–H and O–H groups in total. The number of hydrogen-bond donors (Lipinski definition) is 1. The van der Waals surface area contributed by atoms with E-state index in [1.165, 1.54) is 5.56 Å². The van der Waals surface area contributed by atoms with Crippen LogP contribution in [-0.4, -0.2) is 39.9 Å². The SMILES string of the molecule is CC(C)CC(=O)N1CCC(Nc2ccnc(Cc3ccccc3)n2)CC1. The van der Waals surface area contributed by atoms with Gasteiger partial charge < -0.3 is 10.2 Å². The van der Waals surface area contributed by atoms with Gasteiger partial charge in [-0.15, -0.1) is 0 Å². The molecule has 2 aromatic rings. The molecule has 0 radical (unpaired) electrons. The van der Waals surface area contributed by atoms with Crippen molar-refractivity contribution >= 4 is 11.7 Å². The van der Waals surface area contributed by atoms with Gasteiger partial charge in [0.15, 0.2) is 0 Å². The van der Waals surface area contributed by atoms with Crippen LogP contribution in [0.25, 0.3) is 0 Å².